The van der Waals surface area contributed by atoms with Gasteiger partial charge in [-0.2, -0.15) is 0 Å². The zero-order chi connectivity index (χ0) is 20.3. The van der Waals surface area contributed by atoms with Crippen molar-refractivity contribution in [2.75, 3.05) is 5.32 Å². The van der Waals surface area contributed by atoms with Gasteiger partial charge in [-0.3, -0.25) is 9.59 Å². The predicted octanol–water partition coefficient (Wildman–Crippen LogP) is 3.13. The van der Waals surface area contributed by atoms with E-state index in [1.165, 1.54) is 19.1 Å². The molecular weight excluding hydrogens is 363 g/mol. The number of aryl methyl sites for hydroxylation is 1. The van der Waals surface area contributed by atoms with Crippen molar-refractivity contribution in [1.82, 2.24) is 5.32 Å². The van der Waals surface area contributed by atoms with Crippen LogP contribution in [0.2, 0.25) is 0 Å². The molecule has 0 aromatic heterocycles. The van der Waals surface area contributed by atoms with Crippen molar-refractivity contribution in [3.8, 4) is 0 Å². The number of nitrogens with one attached hydrogen (secondary N) is 2. The Morgan fingerprint density at radius 1 is 1.11 bits per heavy atom. The topological polar surface area (TPSA) is 84.5 Å². The summed E-state index contributed by atoms with van der Waals surface area (Å²) in [5.41, 5.74) is 2.61. The third-order valence-electron chi connectivity index (χ3n) is 4.62. The summed E-state index contributed by atoms with van der Waals surface area (Å²) >= 11 is 0. The predicted molar refractivity (Wildman–Crippen MR) is 101 cm³/mol. The van der Waals surface area contributed by atoms with Crippen LogP contribution >= 0.6 is 0 Å². The molecule has 1 aliphatic rings. The molecule has 28 heavy (non-hydrogen) atoms. The minimum absolute atomic E-state index is 0.0524. The van der Waals surface area contributed by atoms with E-state index in [1.54, 1.807) is 37.3 Å². The van der Waals surface area contributed by atoms with Crippen LogP contribution in [0.1, 0.15) is 47.8 Å². The lowest BCUT2D eigenvalue weighted by Gasteiger charge is -2.19. The Balaban J connectivity index is 1.59. The standard InChI is InChI=1S/C21H21FN2O4/c1-12(14-3-7-17(22)8-4-14)23-20(26)13(2)28-21(27)16-5-9-18-15(11-16)6-10-19(25)24-18/h3-5,7-9,11-13H,6,10H2,1-2H3,(H,23,26)(H,24,25)/t12-,13+/m1/s1. The second-order valence-corrected chi connectivity index (χ2v) is 6.75. The summed E-state index contributed by atoms with van der Waals surface area (Å²) in [6.07, 6.45) is -0.0786. The third-order valence-corrected chi connectivity index (χ3v) is 4.62. The van der Waals surface area contributed by atoms with Crippen LogP contribution < -0.4 is 10.6 Å². The maximum atomic E-state index is 13.0. The highest BCUT2D eigenvalue weighted by molar-refractivity contribution is 5.96. The Kier molecular flexibility index (Phi) is 5.73. The number of benzene rings is 2. The molecule has 146 valence electrons. The van der Waals surface area contributed by atoms with Crippen molar-refractivity contribution < 1.29 is 23.5 Å². The number of hydrogen-bond acceptors (Lipinski definition) is 4. The van der Waals surface area contributed by atoms with E-state index in [9.17, 15) is 18.8 Å². The SMILES string of the molecule is C[C@H](OC(=O)c1ccc2c(c1)CCC(=O)N2)C(=O)N[C@H](C)c1ccc(F)cc1. The van der Waals surface area contributed by atoms with Crippen LogP contribution in [-0.2, 0) is 20.7 Å². The monoisotopic (exact) mass is 384 g/mol. The number of carbonyl (C=O) groups excluding carboxylic acids is 3. The molecule has 0 saturated heterocycles. The van der Waals surface area contributed by atoms with Crippen LogP contribution in [-0.4, -0.2) is 23.9 Å². The molecule has 0 spiro atoms. The first-order valence-corrected chi connectivity index (χ1v) is 9.03. The van der Waals surface area contributed by atoms with Gasteiger partial charge in [-0.05, 0) is 61.7 Å². The number of fused-ring (bicyclic) bond motifs is 1. The van der Waals surface area contributed by atoms with Crippen molar-refractivity contribution in [1.29, 1.82) is 0 Å². The van der Waals surface area contributed by atoms with E-state index < -0.39 is 18.0 Å². The Labute approximate surface area is 162 Å². The molecule has 0 fully saturated rings. The quantitative estimate of drug-likeness (QED) is 0.776. The summed E-state index contributed by atoms with van der Waals surface area (Å²) in [5.74, 6) is -1.47. The molecule has 2 atom stereocenters. The first-order valence-electron chi connectivity index (χ1n) is 9.03. The van der Waals surface area contributed by atoms with E-state index in [0.29, 0.717) is 24.1 Å². The maximum absolute atomic E-state index is 13.0. The van der Waals surface area contributed by atoms with Gasteiger partial charge in [0.15, 0.2) is 6.10 Å². The lowest BCUT2D eigenvalue weighted by atomic mass is 10.0. The fourth-order valence-corrected chi connectivity index (χ4v) is 2.96. The van der Waals surface area contributed by atoms with Crippen LogP contribution in [0.3, 0.4) is 0 Å². The van der Waals surface area contributed by atoms with Crippen molar-refractivity contribution in [3.63, 3.8) is 0 Å². The van der Waals surface area contributed by atoms with Crippen molar-refractivity contribution >= 4 is 23.5 Å². The van der Waals surface area contributed by atoms with E-state index in [0.717, 1.165) is 11.1 Å². The average Bonchev–Trinajstić information content (AvgIpc) is 2.67. The number of anilines is 1. The first kappa shape index (κ1) is 19.5. The third kappa shape index (κ3) is 4.54. The molecular formula is C21H21FN2O4. The largest absolute Gasteiger partial charge is 0.449 e. The van der Waals surface area contributed by atoms with Gasteiger partial charge >= 0.3 is 5.97 Å². The molecule has 0 bridgehead atoms. The van der Waals surface area contributed by atoms with Gasteiger partial charge in [0.2, 0.25) is 5.91 Å². The smallest absolute Gasteiger partial charge is 0.338 e. The molecule has 0 radical (unpaired) electrons. The van der Waals surface area contributed by atoms with Crippen molar-refractivity contribution in [2.24, 2.45) is 0 Å². The van der Waals surface area contributed by atoms with Gasteiger partial charge < -0.3 is 15.4 Å². The highest BCUT2D eigenvalue weighted by Crippen LogP contribution is 2.24. The molecule has 2 aromatic rings. The molecule has 3 rings (SSSR count). The first-order chi connectivity index (χ1) is 13.3. The second kappa shape index (κ2) is 8.21. The molecule has 6 nitrogen and oxygen atoms in total. The van der Waals surface area contributed by atoms with Crippen LogP contribution in [0.4, 0.5) is 10.1 Å². The number of rotatable bonds is 5. The Bertz CT molecular complexity index is 911. The molecule has 0 saturated carbocycles. The lowest BCUT2D eigenvalue weighted by molar-refractivity contribution is -0.129. The molecule has 0 aliphatic carbocycles. The van der Waals surface area contributed by atoms with Gasteiger partial charge in [0.25, 0.3) is 5.91 Å². The van der Waals surface area contributed by atoms with E-state index in [-0.39, 0.29) is 17.8 Å². The normalized spacial score (nSPS) is 15.0. The average molecular weight is 384 g/mol. The van der Waals surface area contributed by atoms with E-state index in [2.05, 4.69) is 10.6 Å². The van der Waals surface area contributed by atoms with Gasteiger partial charge in [0, 0.05) is 12.1 Å². The zero-order valence-electron chi connectivity index (χ0n) is 15.6. The van der Waals surface area contributed by atoms with Gasteiger partial charge in [0.05, 0.1) is 11.6 Å². The van der Waals surface area contributed by atoms with Crippen LogP contribution in [0.15, 0.2) is 42.5 Å². The van der Waals surface area contributed by atoms with Crippen molar-refractivity contribution in [2.45, 2.75) is 38.8 Å². The summed E-state index contributed by atoms with van der Waals surface area (Å²) in [5, 5.41) is 5.49. The fourth-order valence-electron chi connectivity index (χ4n) is 2.96. The summed E-state index contributed by atoms with van der Waals surface area (Å²) in [4.78, 5) is 36.1. The zero-order valence-corrected chi connectivity index (χ0v) is 15.6. The molecule has 7 heteroatoms. The molecule has 2 N–H and O–H groups in total. The minimum atomic E-state index is -0.994. The van der Waals surface area contributed by atoms with E-state index in [4.69, 9.17) is 4.74 Å². The Hall–Kier alpha value is -3.22. The molecule has 1 aliphatic heterocycles. The number of esters is 1. The maximum Gasteiger partial charge on any atom is 0.338 e. The summed E-state index contributed by atoms with van der Waals surface area (Å²) in [6.45, 7) is 3.25. The fraction of sp³-hybridized carbons (Fsp3) is 0.286. The minimum Gasteiger partial charge on any atom is -0.449 e. The van der Waals surface area contributed by atoms with Gasteiger partial charge in [-0.15, -0.1) is 0 Å². The van der Waals surface area contributed by atoms with Gasteiger partial charge in [-0.25, -0.2) is 9.18 Å². The summed E-state index contributed by atoms with van der Waals surface area (Å²) in [6, 6.07) is 10.3. The van der Waals surface area contributed by atoms with Crippen LogP contribution in [0.5, 0.6) is 0 Å². The highest BCUT2D eigenvalue weighted by Gasteiger charge is 2.22. The highest BCUT2D eigenvalue weighted by atomic mass is 19.1. The van der Waals surface area contributed by atoms with Crippen molar-refractivity contribution in [3.05, 3.63) is 65.0 Å². The molecule has 2 amide bonds. The molecule has 1 heterocycles. The molecule has 0 unspecified atom stereocenters. The van der Waals surface area contributed by atoms with Gasteiger partial charge in [0.1, 0.15) is 5.82 Å². The molecule has 2 aromatic carbocycles. The number of amides is 2. The van der Waals surface area contributed by atoms with Crippen LogP contribution in [0, 0.1) is 5.82 Å². The number of carbonyl (C=O) groups is 3. The Morgan fingerprint density at radius 2 is 1.82 bits per heavy atom. The summed E-state index contributed by atoms with van der Waals surface area (Å²) < 4.78 is 18.3. The van der Waals surface area contributed by atoms with E-state index >= 15 is 0 Å². The second-order valence-electron chi connectivity index (χ2n) is 6.75. The summed E-state index contributed by atoms with van der Waals surface area (Å²) in [7, 11) is 0. The number of halogens is 1. The lowest BCUT2D eigenvalue weighted by Crippen LogP contribution is -2.37. The van der Waals surface area contributed by atoms with Gasteiger partial charge in [-0.1, -0.05) is 12.1 Å². The number of ether oxygens (including phenoxy) is 1. The number of hydrogen-bond donors (Lipinski definition) is 2. The van der Waals surface area contributed by atoms with Crippen LogP contribution in [0.25, 0.3) is 0 Å². The van der Waals surface area contributed by atoms with E-state index in [1.807, 2.05) is 0 Å². The Morgan fingerprint density at radius 3 is 2.54 bits per heavy atom.